The van der Waals surface area contributed by atoms with Gasteiger partial charge in [-0.2, -0.15) is 4.39 Å². The summed E-state index contributed by atoms with van der Waals surface area (Å²) < 4.78 is 19.7. The number of fused-ring (bicyclic) bond motifs is 1. The fourth-order valence-corrected chi connectivity index (χ4v) is 3.65. The van der Waals surface area contributed by atoms with Gasteiger partial charge in [0.25, 0.3) is 0 Å². The first-order valence-electron chi connectivity index (χ1n) is 10.5. The first-order valence-corrected chi connectivity index (χ1v) is 10.5. The first-order chi connectivity index (χ1) is 15.2. The van der Waals surface area contributed by atoms with Gasteiger partial charge in [0.15, 0.2) is 0 Å². The molecule has 2 aromatic heterocycles. The van der Waals surface area contributed by atoms with Crippen LogP contribution in [-0.4, -0.2) is 58.5 Å². The minimum absolute atomic E-state index is 0.114. The molecule has 0 aliphatic carbocycles. The second-order valence-electron chi connectivity index (χ2n) is 8.68. The van der Waals surface area contributed by atoms with E-state index in [1.807, 2.05) is 49.9 Å². The van der Waals surface area contributed by atoms with Crippen LogP contribution in [0.5, 0.6) is 0 Å². The van der Waals surface area contributed by atoms with E-state index in [0.717, 1.165) is 5.39 Å². The summed E-state index contributed by atoms with van der Waals surface area (Å²) in [6, 6.07) is 12.2. The molecule has 4 rings (SSSR count). The van der Waals surface area contributed by atoms with Gasteiger partial charge in [-0.3, -0.25) is 4.79 Å². The number of pyridine rings is 2. The van der Waals surface area contributed by atoms with Gasteiger partial charge in [0.05, 0.1) is 5.56 Å². The monoisotopic (exact) mass is 436 g/mol. The lowest BCUT2D eigenvalue weighted by molar-refractivity contribution is 0.0240. The van der Waals surface area contributed by atoms with Gasteiger partial charge in [0.1, 0.15) is 17.1 Å². The zero-order chi connectivity index (χ0) is 22.9. The Hall–Kier alpha value is -3.55. The summed E-state index contributed by atoms with van der Waals surface area (Å²) in [7, 11) is 0. The topological polar surface area (TPSA) is 75.6 Å². The smallest absolute Gasteiger partial charge is 0.410 e. The van der Waals surface area contributed by atoms with Gasteiger partial charge in [-0.1, -0.05) is 24.3 Å². The Morgan fingerprint density at radius 2 is 1.75 bits per heavy atom. The molecule has 0 radical (unpaired) electrons. The van der Waals surface area contributed by atoms with Crippen LogP contribution >= 0.6 is 0 Å². The molecule has 7 nitrogen and oxygen atoms in total. The van der Waals surface area contributed by atoms with Gasteiger partial charge in [0.2, 0.25) is 11.7 Å². The predicted molar refractivity (Wildman–Crippen MR) is 119 cm³/mol. The zero-order valence-electron chi connectivity index (χ0n) is 18.3. The number of nitrogens with zero attached hydrogens (tertiary/aromatic N) is 4. The number of amides is 1. The van der Waals surface area contributed by atoms with Gasteiger partial charge in [-0.25, -0.2) is 14.8 Å². The largest absolute Gasteiger partial charge is 0.444 e. The maximum atomic E-state index is 14.2. The highest BCUT2D eigenvalue weighted by Gasteiger charge is 2.27. The molecule has 0 spiro atoms. The number of piperazine rings is 1. The fourth-order valence-electron chi connectivity index (χ4n) is 3.65. The third-order valence-electron chi connectivity index (χ3n) is 5.20. The molecule has 1 aliphatic rings. The molecule has 0 atom stereocenters. The highest BCUT2D eigenvalue weighted by atomic mass is 19.1. The number of ether oxygens (including phenoxy) is 1. The first kappa shape index (κ1) is 21.7. The minimum atomic E-state index is -0.820. The van der Waals surface area contributed by atoms with Crippen molar-refractivity contribution in [1.29, 1.82) is 0 Å². The van der Waals surface area contributed by atoms with Crippen molar-refractivity contribution >= 4 is 28.5 Å². The number of rotatable bonds is 3. The maximum absolute atomic E-state index is 14.2. The Kier molecular flexibility index (Phi) is 5.78. The number of benzene rings is 1. The summed E-state index contributed by atoms with van der Waals surface area (Å²) in [6.07, 6.45) is 0.963. The molecule has 1 aliphatic heterocycles. The van der Waals surface area contributed by atoms with Gasteiger partial charge < -0.3 is 14.5 Å². The summed E-state index contributed by atoms with van der Waals surface area (Å²) in [4.78, 5) is 37.4. The minimum Gasteiger partial charge on any atom is -0.444 e. The third kappa shape index (κ3) is 4.54. The highest BCUT2D eigenvalue weighted by Crippen LogP contribution is 2.26. The molecule has 0 unspecified atom stereocenters. The molecule has 32 heavy (non-hydrogen) atoms. The zero-order valence-corrected chi connectivity index (χ0v) is 18.3. The van der Waals surface area contributed by atoms with E-state index in [9.17, 15) is 14.0 Å². The molecular formula is C24H25FN4O3. The van der Waals surface area contributed by atoms with Gasteiger partial charge >= 0.3 is 6.09 Å². The Labute approximate surface area is 185 Å². The number of aromatic nitrogens is 2. The summed E-state index contributed by atoms with van der Waals surface area (Å²) in [6.45, 7) is 7.55. The fraction of sp³-hybridized carbons (Fsp3) is 0.333. The van der Waals surface area contributed by atoms with Crippen molar-refractivity contribution in [3.63, 3.8) is 0 Å². The van der Waals surface area contributed by atoms with Crippen LogP contribution in [0.25, 0.3) is 10.8 Å². The van der Waals surface area contributed by atoms with Crippen LogP contribution in [0.15, 0.2) is 48.7 Å². The van der Waals surface area contributed by atoms with Crippen molar-refractivity contribution in [2.24, 2.45) is 0 Å². The molecule has 1 aromatic carbocycles. The van der Waals surface area contributed by atoms with Crippen molar-refractivity contribution in [1.82, 2.24) is 14.9 Å². The SMILES string of the molecule is CC(C)(C)OC(=O)N1CCN(c2cc3ccccc3c(C(=O)c3cccnc3F)n2)CC1. The molecule has 3 heterocycles. The van der Waals surface area contributed by atoms with E-state index in [-0.39, 0.29) is 17.4 Å². The molecule has 1 saturated heterocycles. The van der Waals surface area contributed by atoms with E-state index in [1.54, 1.807) is 11.0 Å². The van der Waals surface area contributed by atoms with Gasteiger partial charge in [-0.05, 0) is 44.4 Å². The Balaban J connectivity index is 1.62. The summed E-state index contributed by atoms with van der Waals surface area (Å²) in [5, 5.41) is 1.48. The maximum Gasteiger partial charge on any atom is 0.410 e. The molecule has 8 heteroatoms. The number of ketones is 1. The van der Waals surface area contributed by atoms with E-state index in [4.69, 9.17) is 4.74 Å². The average Bonchev–Trinajstić information content (AvgIpc) is 2.77. The van der Waals surface area contributed by atoms with Gasteiger partial charge in [-0.15, -0.1) is 0 Å². The van der Waals surface area contributed by atoms with Gasteiger partial charge in [0, 0.05) is 37.8 Å². The third-order valence-corrected chi connectivity index (χ3v) is 5.20. The molecule has 1 amide bonds. The van der Waals surface area contributed by atoms with Crippen LogP contribution < -0.4 is 4.90 Å². The standard InChI is InChI=1S/C24H25FN4O3/c1-24(2,3)32-23(31)29-13-11-28(12-14-29)19-15-16-7-4-5-8-17(16)20(27-19)21(30)18-9-6-10-26-22(18)25/h4-10,15H,11-14H2,1-3H3. The molecule has 0 saturated carbocycles. The van der Waals surface area contributed by atoms with Crippen molar-refractivity contribution < 1.29 is 18.7 Å². The van der Waals surface area contributed by atoms with Crippen molar-refractivity contribution in [3.05, 3.63) is 65.9 Å². The summed E-state index contributed by atoms with van der Waals surface area (Å²) in [5.74, 6) is -0.721. The second-order valence-corrected chi connectivity index (χ2v) is 8.68. The molecular weight excluding hydrogens is 411 g/mol. The molecule has 1 fully saturated rings. The lowest BCUT2D eigenvalue weighted by Gasteiger charge is -2.36. The number of carbonyl (C=O) groups is 2. The van der Waals surface area contributed by atoms with Crippen LogP contribution in [0.2, 0.25) is 0 Å². The van der Waals surface area contributed by atoms with E-state index in [1.165, 1.54) is 18.3 Å². The lowest BCUT2D eigenvalue weighted by Crippen LogP contribution is -2.50. The number of halogens is 1. The average molecular weight is 436 g/mol. The van der Waals surface area contributed by atoms with E-state index < -0.39 is 17.3 Å². The molecule has 0 N–H and O–H groups in total. The lowest BCUT2D eigenvalue weighted by atomic mass is 10.0. The van der Waals surface area contributed by atoms with E-state index in [2.05, 4.69) is 9.97 Å². The highest BCUT2D eigenvalue weighted by molar-refractivity contribution is 6.15. The Bertz CT molecular complexity index is 1170. The van der Waals surface area contributed by atoms with Crippen LogP contribution in [-0.2, 0) is 4.74 Å². The summed E-state index contributed by atoms with van der Waals surface area (Å²) >= 11 is 0. The Morgan fingerprint density at radius 1 is 1.03 bits per heavy atom. The van der Waals surface area contributed by atoms with Crippen LogP contribution in [0.4, 0.5) is 15.0 Å². The van der Waals surface area contributed by atoms with Crippen molar-refractivity contribution in [2.45, 2.75) is 26.4 Å². The number of hydrogen-bond donors (Lipinski definition) is 0. The number of anilines is 1. The summed E-state index contributed by atoms with van der Waals surface area (Å²) in [5.41, 5.74) is -0.484. The van der Waals surface area contributed by atoms with E-state index >= 15 is 0 Å². The molecule has 166 valence electrons. The number of hydrogen-bond acceptors (Lipinski definition) is 6. The quantitative estimate of drug-likeness (QED) is 0.455. The molecule has 3 aromatic rings. The Morgan fingerprint density at radius 3 is 2.44 bits per heavy atom. The predicted octanol–water partition coefficient (Wildman–Crippen LogP) is 4.06. The van der Waals surface area contributed by atoms with Crippen LogP contribution in [0, 0.1) is 5.95 Å². The molecule has 0 bridgehead atoms. The van der Waals surface area contributed by atoms with Crippen LogP contribution in [0.1, 0.15) is 36.8 Å². The normalized spacial score (nSPS) is 14.5. The van der Waals surface area contributed by atoms with Crippen molar-refractivity contribution in [3.8, 4) is 0 Å². The number of carbonyl (C=O) groups excluding carboxylic acids is 2. The van der Waals surface area contributed by atoms with Crippen LogP contribution in [0.3, 0.4) is 0 Å². The van der Waals surface area contributed by atoms with Crippen molar-refractivity contribution in [2.75, 3.05) is 31.1 Å². The second kappa shape index (κ2) is 8.53. The van der Waals surface area contributed by atoms with E-state index in [0.29, 0.717) is 37.4 Å².